The predicted octanol–water partition coefficient (Wildman–Crippen LogP) is 1.18. The average Bonchev–Trinajstić information content (AvgIpc) is 1.82. The maximum Gasteiger partial charge on any atom is 0.378 e. The standard InChI is InChI=1S/C8H15F2NO2/c1-7(2,3)13-6(12)8(9,10)5-11-4/h11H,5H2,1-4H3. The fraction of sp³-hybridized carbons (Fsp3) is 0.875. The van der Waals surface area contributed by atoms with Crippen molar-refractivity contribution < 1.29 is 18.3 Å². The lowest BCUT2D eigenvalue weighted by molar-refractivity contribution is -0.182. The van der Waals surface area contributed by atoms with Crippen LogP contribution >= 0.6 is 0 Å². The van der Waals surface area contributed by atoms with Gasteiger partial charge in [0.1, 0.15) is 5.60 Å². The lowest BCUT2D eigenvalue weighted by atomic mass is 10.2. The number of rotatable bonds is 3. The van der Waals surface area contributed by atoms with Gasteiger partial charge in [-0.15, -0.1) is 0 Å². The Bertz CT molecular complexity index is 187. The fourth-order valence-corrected chi connectivity index (χ4v) is 0.647. The minimum absolute atomic E-state index is 0.706. The van der Waals surface area contributed by atoms with E-state index in [2.05, 4.69) is 10.1 Å². The first-order valence-electron chi connectivity index (χ1n) is 3.95. The van der Waals surface area contributed by atoms with Gasteiger partial charge in [-0.2, -0.15) is 8.78 Å². The molecule has 0 unspecified atom stereocenters. The van der Waals surface area contributed by atoms with Crippen molar-refractivity contribution in [1.82, 2.24) is 5.32 Å². The van der Waals surface area contributed by atoms with Crippen LogP contribution in [0.1, 0.15) is 20.8 Å². The molecule has 0 radical (unpaired) electrons. The second-order valence-corrected chi connectivity index (χ2v) is 3.74. The van der Waals surface area contributed by atoms with Crippen molar-refractivity contribution in [1.29, 1.82) is 0 Å². The second kappa shape index (κ2) is 4.00. The van der Waals surface area contributed by atoms with E-state index in [9.17, 15) is 13.6 Å². The Morgan fingerprint density at radius 2 is 1.85 bits per heavy atom. The number of hydrogen-bond acceptors (Lipinski definition) is 3. The molecule has 0 saturated carbocycles. The van der Waals surface area contributed by atoms with Crippen LogP contribution in [0.2, 0.25) is 0 Å². The summed E-state index contributed by atoms with van der Waals surface area (Å²) < 4.78 is 30.1. The van der Waals surface area contributed by atoms with E-state index in [0.29, 0.717) is 0 Å². The van der Waals surface area contributed by atoms with Gasteiger partial charge in [0.15, 0.2) is 0 Å². The van der Waals surface area contributed by atoms with E-state index in [-0.39, 0.29) is 0 Å². The Balaban J connectivity index is 4.25. The third-order valence-electron chi connectivity index (χ3n) is 1.10. The van der Waals surface area contributed by atoms with Crippen molar-refractivity contribution in [2.24, 2.45) is 0 Å². The third kappa shape index (κ3) is 4.77. The van der Waals surface area contributed by atoms with Crippen LogP contribution in [0, 0.1) is 0 Å². The van der Waals surface area contributed by atoms with E-state index in [0.717, 1.165) is 0 Å². The van der Waals surface area contributed by atoms with E-state index >= 15 is 0 Å². The molecule has 0 aliphatic carbocycles. The molecule has 0 bridgehead atoms. The molecule has 0 amide bonds. The number of alkyl halides is 2. The van der Waals surface area contributed by atoms with Gasteiger partial charge in [-0.1, -0.05) is 0 Å². The van der Waals surface area contributed by atoms with Crippen LogP contribution in [0.5, 0.6) is 0 Å². The summed E-state index contributed by atoms with van der Waals surface area (Å²) in [5, 5.41) is 2.22. The Morgan fingerprint density at radius 1 is 1.38 bits per heavy atom. The van der Waals surface area contributed by atoms with E-state index in [1.54, 1.807) is 20.8 Å². The summed E-state index contributed by atoms with van der Waals surface area (Å²) in [6.45, 7) is 3.92. The summed E-state index contributed by atoms with van der Waals surface area (Å²) in [6, 6.07) is 0. The average molecular weight is 195 g/mol. The second-order valence-electron chi connectivity index (χ2n) is 3.74. The molecule has 0 saturated heterocycles. The highest BCUT2D eigenvalue weighted by atomic mass is 19.3. The lowest BCUT2D eigenvalue weighted by Crippen LogP contribution is -2.42. The topological polar surface area (TPSA) is 38.3 Å². The minimum atomic E-state index is -3.46. The zero-order valence-corrected chi connectivity index (χ0v) is 8.28. The first-order chi connectivity index (χ1) is 5.69. The number of halogens is 2. The van der Waals surface area contributed by atoms with Gasteiger partial charge in [0.05, 0.1) is 6.54 Å². The molecule has 0 rings (SSSR count). The molecular formula is C8H15F2NO2. The molecule has 78 valence electrons. The zero-order chi connectivity index (χ0) is 10.7. The molecule has 0 aliphatic rings. The van der Waals surface area contributed by atoms with Crippen molar-refractivity contribution in [2.75, 3.05) is 13.6 Å². The molecule has 0 aliphatic heterocycles. The summed E-state index contributed by atoms with van der Waals surface area (Å²) in [5.41, 5.74) is -0.881. The number of nitrogens with one attached hydrogen (secondary N) is 1. The number of ether oxygens (including phenoxy) is 1. The summed E-state index contributed by atoms with van der Waals surface area (Å²) in [6.07, 6.45) is 0. The van der Waals surface area contributed by atoms with Gasteiger partial charge in [-0.3, -0.25) is 0 Å². The molecule has 0 heterocycles. The molecule has 3 nitrogen and oxygen atoms in total. The Labute approximate surface area is 76.4 Å². The molecular weight excluding hydrogens is 180 g/mol. The smallest absolute Gasteiger partial charge is 0.378 e. The number of hydrogen-bond donors (Lipinski definition) is 1. The van der Waals surface area contributed by atoms with Crippen LogP contribution in [0.15, 0.2) is 0 Å². The van der Waals surface area contributed by atoms with Gasteiger partial charge in [0.2, 0.25) is 0 Å². The molecule has 0 aromatic carbocycles. The third-order valence-corrected chi connectivity index (χ3v) is 1.10. The first-order valence-corrected chi connectivity index (χ1v) is 3.95. The molecule has 5 heteroatoms. The van der Waals surface area contributed by atoms with E-state index in [1.165, 1.54) is 7.05 Å². The first kappa shape index (κ1) is 12.3. The van der Waals surface area contributed by atoms with Crippen LogP contribution in [0.4, 0.5) is 8.78 Å². The predicted molar refractivity (Wildman–Crippen MR) is 44.7 cm³/mol. The van der Waals surface area contributed by atoms with Gasteiger partial charge < -0.3 is 10.1 Å². The number of esters is 1. The quantitative estimate of drug-likeness (QED) is 0.687. The van der Waals surface area contributed by atoms with Crippen LogP contribution in [0.3, 0.4) is 0 Å². The summed E-state index contributed by atoms with van der Waals surface area (Å²) in [5.74, 6) is -4.95. The summed E-state index contributed by atoms with van der Waals surface area (Å²) in [4.78, 5) is 10.9. The normalized spacial score (nSPS) is 12.8. The Hall–Kier alpha value is -0.710. The van der Waals surface area contributed by atoms with E-state index in [1.807, 2.05) is 0 Å². The van der Waals surface area contributed by atoms with Crippen LogP contribution in [0.25, 0.3) is 0 Å². The molecule has 0 aromatic rings. The van der Waals surface area contributed by atoms with Crippen molar-refractivity contribution in [3.63, 3.8) is 0 Å². The van der Waals surface area contributed by atoms with Gasteiger partial charge in [0, 0.05) is 0 Å². The maximum atomic E-state index is 12.8. The molecule has 0 atom stereocenters. The van der Waals surface area contributed by atoms with Crippen LogP contribution in [-0.4, -0.2) is 31.1 Å². The minimum Gasteiger partial charge on any atom is -0.456 e. The zero-order valence-electron chi connectivity index (χ0n) is 8.28. The van der Waals surface area contributed by atoms with Gasteiger partial charge in [-0.05, 0) is 27.8 Å². The van der Waals surface area contributed by atoms with Gasteiger partial charge >= 0.3 is 11.9 Å². The Morgan fingerprint density at radius 3 is 2.15 bits per heavy atom. The summed E-state index contributed by atoms with van der Waals surface area (Å²) in [7, 11) is 1.35. The van der Waals surface area contributed by atoms with Crippen molar-refractivity contribution in [2.45, 2.75) is 32.3 Å². The molecule has 0 fully saturated rings. The maximum absolute atomic E-state index is 12.8. The van der Waals surface area contributed by atoms with Crippen LogP contribution < -0.4 is 5.32 Å². The molecule has 0 spiro atoms. The Kier molecular flexibility index (Phi) is 3.78. The molecule has 0 aromatic heterocycles. The highest BCUT2D eigenvalue weighted by Gasteiger charge is 2.41. The van der Waals surface area contributed by atoms with Gasteiger partial charge in [-0.25, -0.2) is 4.79 Å². The summed E-state index contributed by atoms with van der Waals surface area (Å²) >= 11 is 0. The monoisotopic (exact) mass is 195 g/mol. The number of carbonyl (C=O) groups excluding carboxylic acids is 1. The number of carbonyl (C=O) groups is 1. The van der Waals surface area contributed by atoms with Crippen molar-refractivity contribution in [3.05, 3.63) is 0 Å². The van der Waals surface area contributed by atoms with E-state index < -0.39 is 24.0 Å². The van der Waals surface area contributed by atoms with Crippen LogP contribution in [-0.2, 0) is 9.53 Å². The van der Waals surface area contributed by atoms with Gasteiger partial charge in [0.25, 0.3) is 0 Å². The van der Waals surface area contributed by atoms with Crippen molar-refractivity contribution in [3.8, 4) is 0 Å². The largest absolute Gasteiger partial charge is 0.456 e. The molecule has 1 N–H and O–H groups in total. The highest BCUT2D eigenvalue weighted by molar-refractivity contribution is 5.78. The molecule has 13 heavy (non-hydrogen) atoms. The van der Waals surface area contributed by atoms with E-state index in [4.69, 9.17) is 0 Å². The fourth-order valence-electron chi connectivity index (χ4n) is 0.647. The van der Waals surface area contributed by atoms with Crippen molar-refractivity contribution >= 4 is 5.97 Å². The lowest BCUT2D eigenvalue weighted by Gasteiger charge is -2.23. The highest BCUT2D eigenvalue weighted by Crippen LogP contribution is 2.18. The SMILES string of the molecule is CNCC(F)(F)C(=O)OC(C)(C)C.